The van der Waals surface area contributed by atoms with Crippen LogP contribution in [-0.2, 0) is 0 Å². The van der Waals surface area contributed by atoms with Crippen LogP contribution in [0.25, 0.3) is 21.6 Å². The number of anilines is 1. The smallest absolute Gasteiger partial charge is 0.163 e. The first-order chi connectivity index (χ1) is 10.0. The van der Waals surface area contributed by atoms with Crippen molar-refractivity contribution in [2.75, 3.05) is 12.4 Å². The number of rotatable bonds is 2. The Balaban J connectivity index is 2.26. The van der Waals surface area contributed by atoms with Crippen LogP contribution in [0.5, 0.6) is 0 Å². The highest BCUT2D eigenvalue weighted by Gasteiger charge is 2.15. The molecule has 5 heteroatoms. The van der Waals surface area contributed by atoms with Gasteiger partial charge < -0.3 is 5.32 Å². The fourth-order valence-corrected chi connectivity index (χ4v) is 3.37. The van der Waals surface area contributed by atoms with Crippen LogP contribution in [0.15, 0.2) is 18.2 Å². The predicted octanol–water partition coefficient (Wildman–Crippen LogP) is 4.46. The number of nitrogens with zero attached hydrogens (tertiary/aromatic N) is 2. The van der Waals surface area contributed by atoms with Crippen LogP contribution >= 0.6 is 11.3 Å². The Morgan fingerprint density at radius 2 is 1.90 bits per heavy atom. The molecule has 2 heterocycles. The first-order valence-electron chi connectivity index (χ1n) is 6.73. The standard InChI is InChI=1S/C16H16FN3S/c1-8-7-11(5-6-12(8)17)14-19-15(18-4)13-9(2)10(3)21-16(13)20-14/h5-7H,1-4H3,(H,18,19,20). The average Bonchev–Trinajstić information content (AvgIpc) is 2.76. The third kappa shape index (κ3) is 2.27. The monoisotopic (exact) mass is 301 g/mol. The molecule has 21 heavy (non-hydrogen) atoms. The quantitative estimate of drug-likeness (QED) is 0.759. The van der Waals surface area contributed by atoms with Crippen molar-refractivity contribution in [3.8, 4) is 11.4 Å². The molecule has 1 aromatic carbocycles. The zero-order valence-electron chi connectivity index (χ0n) is 12.4. The largest absolute Gasteiger partial charge is 0.372 e. The number of aromatic nitrogens is 2. The summed E-state index contributed by atoms with van der Waals surface area (Å²) in [6, 6.07) is 4.96. The Kier molecular flexibility index (Phi) is 3.37. The van der Waals surface area contributed by atoms with Gasteiger partial charge in [-0.1, -0.05) is 0 Å². The highest BCUT2D eigenvalue weighted by molar-refractivity contribution is 7.18. The van der Waals surface area contributed by atoms with Crippen molar-refractivity contribution in [1.29, 1.82) is 0 Å². The molecule has 0 radical (unpaired) electrons. The maximum Gasteiger partial charge on any atom is 0.163 e. The van der Waals surface area contributed by atoms with E-state index in [0.717, 1.165) is 21.6 Å². The lowest BCUT2D eigenvalue weighted by atomic mass is 10.1. The van der Waals surface area contributed by atoms with E-state index in [4.69, 9.17) is 0 Å². The molecule has 0 fully saturated rings. The van der Waals surface area contributed by atoms with Crippen LogP contribution in [0.1, 0.15) is 16.0 Å². The lowest BCUT2D eigenvalue weighted by Gasteiger charge is -2.07. The van der Waals surface area contributed by atoms with Crippen LogP contribution in [0.3, 0.4) is 0 Å². The molecule has 0 saturated heterocycles. The van der Waals surface area contributed by atoms with Crippen LogP contribution in [0.4, 0.5) is 10.2 Å². The zero-order valence-corrected chi connectivity index (χ0v) is 13.2. The Hall–Kier alpha value is -2.01. The lowest BCUT2D eigenvalue weighted by Crippen LogP contribution is -1.98. The van der Waals surface area contributed by atoms with E-state index in [9.17, 15) is 4.39 Å². The molecule has 0 unspecified atom stereocenters. The van der Waals surface area contributed by atoms with Crippen molar-refractivity contribution in [3.05, 3.63) is 40.0 Å². The summed E-state index contributed by atoms with van der Waals surface area (Å²) in [5, 5.41) is 4.21. The fraction of sp³-hybridized carbons (Fsp3) is 0.250. The molecule has 3 nitrogen and oxygen atoms in total. The molecule has 0 saturated carbocycles. The van der Waals surface area contributed by atoms with Gasteiger partial charge in [0.1, 0.15) is 16.5 Å². The Morgan fingerprint density at radius 1 is 1.14 bits per heavy atom. The maximum atomic E-state index is 13.4. The number of halogens is 1. The van der Waals surface area contributed by atoms with Crippen molar-refractivity contribution < 1.29 is 4.39 Å². The van der Waals surface area contributed by atoms with E-state index in [0.29, 0.717) is 11.4 Å². The van der Waals surface area contributed by atoms with Crippen molar-refractivity contribution in [3.63, 3.8) is 0 Å². The molecule has 3 aromatic rings. The molecule has 0 spiro atoms. The van der Waals surface area contributed by atoms with Gasteiger partial charge in [0.15, 0.2) is 5.82 Å². The Labute approximate surface area is 126 Å². The lowest BCUT2D eigenvalue weighted by molar-refractivity contribution is 0.618. The maximum absolute atomic E-state index is 13.4. The van der Waals surface area contributed by atoms with Crippen molar-refractivity contribution in [2.24, 2.45) is 0 Å². The molecule has 0 aliphatic carbocycles. The zero-order chi connectivity index (χ0) is 15.1. The summed E-state index contributed by atoms with van der Waals surface area (Å²) in [6.45, 7) is 5.92. The van der Waals surface area contributed by atoms with Gasteiger partial charge in [-0.05, 0) is 50.1 Å². The van der Waals surface area contributed by atoms with Gasteiger partial charge in [0, 0.05) is 17.5 Å². The molecule has 1 N–H and O–H groups in total. The number of fused-ring (bicyclic) bond motifs is 1. The highest BCUT2D eigenvalue weighted by Crippen LogP contribution is 2.34. The highest BCUT2D eigenvalue weighted by atomic mass is 32.1. The second kappa shape index (κ2) is 5.07. The van der Waals surface area contributed by atoms with Gasteiger partial charge >= 0.3 is 0 Å². The van der Waals surface area contributed by atoms with Gasteiger partial charge in [0.25, 0.3) is 0 Å². The minimum atomic E-state index is -0.212. The average molecular weight is 301 g/mol. The van der Waals surface area contributed by atoms with Gasteiger partial charge in [-0.2, -0.15) is 0 Å². The molecular formula is C16H16FN3S. The summed E-state index contributed by atoms with van der Waals surface area (Å²) >= 11 is 1.66. The van der Waals surface area contributed by atoms with Crippen molar-refractivity contribution in [1.82, 2.24) is 9.97 Å². The number of thiophene rings is 1. The van der Waals surface area contributed by atoms with E-state index in [1.54, 1.807) is 30.4 Å². The third-order valence-electron chi connectivity index (χ3n) is 3.68. The molecule has 2 aromatic heterocycles. The number of benzene rings is 1. The van der Waals surface area contributed by atoms with Gasteiger partial charge in [0.2, 0.25) is 0 Å². The summed E-state index contributed by atoms with van der Waals surface area (Å²) in [5.41, 5.74) is 2.64. The fourth-order valence-electron chi connectivity index (χ4n) is 2.34. The van der Waals surface area contributed by atoms with Crippen LogP contribution in [-0.4, -0.2) is 17.0 Å². The molecule has 0 atom stereocenters. The molecular weight excluding hydrogens is 285 g/mol. The summed E-state index contributed by atoms with van der Waals surface area (Å²) in [4.78, 5) is 11.4. The summed E-state index contributed by atoms with van der Waals surface area (Å²) < 4.78 is 13.4. The van der Waals surface area contributed by atoms with Crippen LogP contribution in [0, 0.1) is 26.6 Å². The Bertz CT molecular complexity index is 839. The molecule has 0 aliphatic heterocycles. The molecule has 108 valence electrons. The number of hydrogen-bond acceptors (Lipinski definition) is 4. The SMILES string of the molecule is CNc1nc(-c2ccc(F)c(C)c2)nc2sc(C)c(C)c12. The van der Waals surface area contributed by atoms with Crippen molar-refractivity contribution in [2.45, 2.75) is 20.8 Å². The van der Waals surface area contributed by atoms with E-state index < -0.39 is 0 Å². The van der Waals surface area contributed by atoms with Crippen LogP contribution in [0.2, 0.25) is 0 Å². The Morgan fingerprint density at radius 3 is 2.57 bits per heavy atom. The minimum Gasteiger partial charge on any atom is -0.372 e. The van der Waals surface area contributed by atoms with E-state index in [1.807, 2.05) is 7.05 Å². The van der Waals surface area contributed by atoms with E-state index >= 15 is 0 Å². The first-order valence-corrected chi connectivity index (χ1v) is 7.55. The number of aryl methyl sites for hydroxylation is 3. The molecule has 0 amide bonds. The number of nitrogens with one attached hydrogen (secondary N) is 1. The second-order valence-corrected chi connectivity index (χ2v) is 6.28. The summed E-state index contributed by atoms with van der Waals surface area (Å²) in [6.07, 6.45) is 0. The normalized spacial score (nSPS) is 11.1. The van der Waals surface area contributed by atoms with E-state index in [2.05, 4.69) is 29.1 Å². The number of hydrogen-bond donors (Lipinski definition) is 1. The second-order valence-electron chi connectivity index (χ2n) is 5.07. The molecule has 3 rings (SSSR count). The first kappa shape index (κ1) is 13.9. The minimum absolute atomic E-state index is 0.212. The predicted molar refractivity (Wildman–Crippen MR) is 86.6 cm³/mol. The third-order valence-corrected chi connectivity index (χ3v) is 4.78. The van der Waals surface area contributed by atoms with Gasteiger partial charge in [-0.15, -0.1) is 11.3 Å². The topological polar surface area (TPSA) is 37.8 Å². The summed E-state index contributed by atoms with van der Waals surface area (Å²) in [5.74, 6) is 1.23. The van der Waals surface area contributed by atoms with Crippen LogP contribution < -0.4 is 5.32 Å². The van der Waals surface area contributed by atoms with Gasteiger partial charge in [-0.25, -0.2) is 14.4 Å². The molecule has 0 aliphatic rings. The van der Waals surface area contributed by atoms with Crippen molar-refractivity contribution >= 4 is 27.4 Å². The van der Waals surface area contributed by atoms with E-state index in [1.165, 1.54) is 16.5 Å². The summed E-state index contributed by atoms with van der Waals surface area (Å²) in [7, 11) is 1.86. The van der Waals surface area contributed by atoms with E-state index in [-0.39, 0.29) is 5.82 Å². The molecule has 0 bridgehead atoms. The van der Waals surface area contributed by atoms with Gasteiger partial charge in [0.05, 0.1) is 5.39 Å². The van der Waals surface area contributed by atoms with Gasteiger partial charge in [-0.3, -0.25) is 0 Å².